The number of aromatic nitrogens is 1. The van der Waals surface area contributed by atoms with Gasteiger partial charge in [-0.2, -0.15) is 0 Å². The van der Waals surface area contributed by atoms with E-state index in [1.54, 1.807) is 35.6 Å². The quantitative estimate of drug-likeness (QED) is 0.938. The number of nitrogens with zero attached hydrogens (tertiary/aromatic N) is 2. The number of sulfonamides is 1. The van der Waals surface area contributed by atoms with Gasteiger partial charge in [0.2, 0.25) is 0 Å². The van der Waals surface area contributed by atoms with Crippen molar-refractivity contribution in [3.8, 4) is 0 Å². The zero-order valence-electron chi connectivity index (χ0n) is 11.1. The molecular weight excluding hydrogens is 274 g/mol. The topological polar surface area (TPSA) is 62.3 Å². The van der Waals surface area contributed by atoms with Crippen molar-refractivity contribution in [2.24, 2.45) is 0 Å². The van der Waals surface area contributed by atoms with Crippen LogP contribution >= 0.6 is 0 Å². The van der Waals surface area contributed by atoms with Gasteiger partial charge in [0, 0.05) is 36.3 Å². The van der Waals surface area contributed by atoms with E-state index in [-0.39, 0.29) is 0 Å². The van der Waals surface area contributed by atoms with Crippen molar-refractivity contribution in [2.45, 2.75) is 24.2 Å². The first-order valence-corrected chi connectivity index (χ1v) is 8.25. The van der Waals surface area contributed by atoms with Crippen molar-refractivity contribution in [2.75, 3.05) is 13.1 Å². The monoisotopic (exact) mass is 291 g/mol. The summed E-state index contributed by atoms with van der Waals surface area (Å²) in [5.41, 5.74) is 0. The normalized spacial score (nSPS) is 17.4. The summed E-state index contributed by atoms with van der Waals surface area (Å²) in [4.78, 5) is 7.02. The van der Waals surface area contributed by atoms with Crippen LogP contribution < -0.4 is 4.83 Å². The Morgan fingerprint density at radius 1 is 1.10 bits per heavy atom. The average molecular weight is 291 g/mol. The van der Waals surface area contributed by atoms with Crippen LogP contribution in [0.4, 0.5) is 0 Å². The van der Waals surface area contributed by atoms with Gasteiger partial charge in [-0.05, 0) is 25.0 Å². The largest absolute Gasteiger partial charge is 0.264 e. The second-order valence-corrected chi connectivity index (χ2v) is 6.62. The summed E-state index contributed by atoms with van der Waals surface area (Å²) in [7, 11) is -3.54. The number of nitrogens with one attached hydrogen (secondary N) is 1. The number of pyridine rings is 1. The lowest BCUT2D eigenvalue weighted by atomic mass is 10.2. The molecule has 1 saturated heterocycles. The van der Waals surface area contributed by atoms with Crippen molar-refractivity contribution >= 4 is 20.8 Å². The molecule has 1 aliphatic heterocycles. The van der Waals surface area contributed by atoms with Crippen LogP contribution in [0.2, 0.25) is 0 Å². The summed E-state index contributed by atoms with van der Waals surface area (Å²) in [6, 6.07) is 6.98. The first-order chi connectivity index (χ1) is 9.67. The fourth-order valence-corrected chi connectivity index (χ4v) is 3.89. The van der Waals surface area contributed by atoms with Gasteiger partial charge in [0.15, 0.2) is 0 Å². The number of fused-ring (bicyclic) bond motifs is 1. The Balaban J connectivity index is 1.96. The second-order valence-electron chi connectivity index (χ2n) is 5.00. The maximum absolute atomic E-state index is 12.5. The van der Waals surface area contributed by atoms with E-state index in [4.69, 9.17) is 0 Å². The Kier molecular flexibility index (Phi) is 3.69. The SMILES string of the molecule is O=S(=O)(NN1CCCCC1)c1cccc2cnccc12. The van der Waals surface area contributed by atoms with Crippen molar-refractivity contribution in [3.63, 3.8) is 0 Å². The number of hydrazine groups is 1. The molecule has 5 nitrogen and oxygen atoms in total. The van der Waals surface area contributed by atoms with Crippen LogP contribution in [-0.2, 0) is 10.0 Å². The van der Waals surface area contributed by atoms with Gasteiger partial charge in [0.25, 0.3) is 10.0 Å². The standard InChI is InChI=1S/C14H17N3O2S/c18-20(19,16-17-9-2-1-3-10-17)14-6-4-5-12-11-15-8-7-13(12)14/h4-8,11,16H,1-3,9-10H2. The minimum atomic E-state index is -3.54. The van der Waals surface area contributed by atoms with Crippen molar-refractivity contribution < 1.29 is 8.42 Å². The van der Waals surface area contributed by atoms with Crippen LogP contribution in [0.3, 0.4) is 0 Å². The van der Waals surface area contributed by atoms with Gasteiger partial charge in [0.1, 0.15) is 0 Å². The molecule has 0 radical (unpaired) electrons. The summed E-state index contributed by atoms with van der Waals surface area (Å²) in [5, 5.41) is 3.32. The zero-order valence-corrected chi connectivity index (χ0v) is 11.9. The lowest BCUT2D eigenvalue weighted by Crippen LogP contribution is -2.44. The van der Waals surface area contributed by atoms with E-state index >= 15 is 0 Å². The molecule has 0 bridgehead atoms. The molecule has 106 valence electrons. The van der Waals surface area contributed by atoms with E-state index < -0.39 is 10.0 Å². The van der Waals surface area contributed by atoms with Gasteiger partial charge < -0.3 is 0 Å². The van der Waals surface area contributed by atoms with Gasteiger partial charge >= 0.3 is 0 Å². The molecule has 20 heavy (non-hydrogen) atoms. The Morgan fingerprint density at radius 2 is 1.90 bits per heavy atom. The van der Waals surface area contributed by atoms with Crippen LogP contribution in [0.5, 0.6) is 0 Å². The highest BCUT2D eigenvalue weighted by Crippen LogP contribution is 2.22. The van der Waals surface area contributed by atoms with E-state index in [2.05, 4.69) is 9.82 Å². The van der Waals surface area contributed by atoms with Gasteiger partial charge in [-0.1, -0.05) is 18.6 Å². The molecule has 0 amide bonds. The molecule has 1 aromatic heterocycles. The molecule has 3 rings (SSSR count). The first-order valence-electron chi connectivity index (χ1n) is 6.77. The average Bonchev–Trinajstić information content (AvgIpc) is 2.47. The lowest BCUT2D eigenvalue weighted by Gasteiger charge is -2.26. The van der Waals surface area contributed by atoms with E-state index in [1.807, 2.05) is 6.07 Å². The molecular formula is C14H17N3O2S. The van der Waals surface area contributed by atoms with E-state index in [0.717, 1.165) is 37.7 Å². The molecule has 2 aromatic rings. The van der Waals surface area contributed by atoms with Crippen LogP contribution in [0.25, 0.3) is 10.8 Å². The van der Waals surface area contributed by atoms with Crippen LogP contribution in [0.1, 0.15) is 19.3 Å². The number of piperidine rings is 1. The molecule has 6 heteroatoms. The Labute approximate surface area is 118 Å². The van der Waals surface area contributed by atoms with Crippen LogP contribution in [0.15, 0.2) is 41.6 Å². The smallest absolute Gasteiger partial charge is 0.254 e. The van der Waals surface area contributed by atoms with E-state index in [0.29, 0.717) is 10.3 Å². The zero-order chi connectivity index (χ0) is 14.0. The fraction of sp³-hybridized carbons (Fsp3) is 0.357. The number of hydrogen-bond acceptors (Lipinski definition) is 4. The minimum Gasteiger partial charge on any atom is -0.264 e. The molecule has 0 atom stereocenters. The highest BCUT2D eigenvalue weighted by Gasteiger charge is 2.21. The fourth-order valence-electron chi connectivity index (χ4n) is 2.53. The molecule has 0 spiro atoms. The predicted molar refractivity (Wildman–Crippen MR) is 77.5 cm³/mol. The van der Waals surface area contributed by atoms with Crippen molar-refractivity contribution in [1.82, 2.24) is 14.8 Å². The van der Waals surface area contributed by atoms with Gasteiger partial charge in [0.05, 0.1) is 4.90 Å². The molecule has 2 heterocycles. The third-order valence-electron chi connectivity index (χ3n) is 3.54. The number of hydrogen-bond donors (Lipinski definition) is 1. The summed E-state index contributed by atoms with van der Waals surface area (Å²) in [6.45, 7) is 1.54. The predicted octanol–water partition coefficient (Wildman–Crippen LogP) is 1.91. The molecule has 1 aromatic carbocycles. The minimum absolute atomic E-state index is 0.308. The second kappa shape index (κ2) is 5.47. The summed E-state index contributed by atoms with van der Waals surface area (Å²) in [6.07, 6.45) is 6.51. The first kappa shape index (κ1) is 13.5. The third kappa shape index (κ3) is 2.67. The van der Waals surface area contributed by atoms with Crippen LogP contribution in [0, 0.1) is 0 Å². The highest BCUT2D eigenvalue weighted by atomic mass is 32.2. The number of benzene rings is 1. The third-order valence-corrected chi connectivity index (χ3v) is 4.97. The summed E-state index contributed by atoms with van der Waals surface area (Å²) in [5.74, 6) is 0. The van der Waals surface area contributed by atoms with Crippen molar-refractivity contribution in [3.05, 3.63) is 36.7 Å². The Morgan fingerprint density at radius 3 is 2.70 bits per heavy atom. The lowest BCUT2D eigenvalue weighted by molar-refractivity contribution is 0.200. The van der Waals surface area contributed by atoms with E-state index in [9.17, 15) is 8.42 Å². The van der Waals surface area contributed by atoms with Gasteiger partial charge in [-0.15, -0.1) is 4.83 Å². The number of rotatable bonds is 3. The molecule has 1 aliphatic rings. The maximum atomic E-state index is 12.5. The summed E-state index contributed by atoms with van der Waals surface area (Å²) >= 11 is 0. The van der Waals surface area contributed by atoms with Gasteiger partial charge in [-0.25, -0.2) is 13.4 Å². The molecule has 0 saturated carbocycles. The molecule has 1 N–H and O–H groups in total. The van der Waals surface area contributed by atoms with Crippen LogP contribution in [-0.4, -0.2) is 31.5 Å². The molecule has 1 fully saturated rings. The van der Waals surface area contributed by atoms with Gasteiger partial charge in [-0.3, -0.25) is 4.98 Å². The van der Waals surface area contributed by atoms with Crippen molar-refractivity contribution in [1.29, 1.82) is 0 Å². The highest BCUT2D eigenvalue weighted by molar-refractivity contribution is 7.89. The Hall–Kier alpha value is -1.50. The maximum Gasteiger partial charge on any atom is 0.254 e. The van der Waals surface area contributed by atoms with E-state index in [1.165, 1.54) is 0 Å². The Bertz CT molecular complexity index is 704. The molecule has 0 aliphatic carbocycles. The molecule has 0 unspecified atom stereocenters. The summed E-state index contributed by atoms with van der Waals surface area (Å²) < 4.78 is 25.1.